The molecule has 6 rings (SSSR count). The highest BCUT2D eigenvalue weighted by atomic mass is 32.2. The van der Waals surface area contributed by atoms with Crippen LogP contribution in [0.15, 0.2) is 44.9 Å². The van der Waals surface area contributed by atoms with Crippen LogP contribution in [0, 0.1) is 5.82 Å². The molecule has 252 valence electrons. The summed E-state index contributed by atoms with van der Waals surface area (Å²) in [5, 5.41) is 17.2. The number of pyridine rings is 1. The van der Waals surface area contributed by atoms with E-state index >= 15 is 4.39 Å². The number of rotatable bonds is 10. The topological polar surface area (TPSA) is 199 Å². The van der Waals surface area contributed by atoms with E-state index < -0.39 is 53.0 Å². The van der Waals surface area contributed by atoms with Gasteiger partial charge in [0.2, 0.25) is 5.43 Å². The Morgan fingerprint density at radius 3 is 2.62 bits per heavy atom. The predicted octanol–water partition coefficient (Wildman–Crippen LogP) is 1.75. The van der Waals surface area contributed by atoms with E-state index in [9.17, 15) is 29.1 Å². The van der Waals surface area contributed by atoms with Crippen LogP contribution in [-0.2, 0) is 30.5 Å². The highest BCUT2D eigenvalue weighted by Gasteiger charge is 2.54. The van der Waals surface area contributed by atoms with E-state index in [1.54, 1.807) is 10.6 Å². The molecule has 15 nitrogen and oxygen atoms in total. The Bertz CT molecular complexity index is 1970. The van der Waals surface area contributed by atoms with E-state index in [1.165, 1.54) is 18.7 Å². The maximum Gasteiger partial charge on any atom is 0.352 e. The molecule has 1 aromatic carbocycles. The smallest absolute Gasteiger partial charge is 0.352 e. The first-order valence-electron chi connectivity index (χ1n) is 14.9. The highest BCUT2D eigenvalue weighted by molar-refractivity contribution is 8.00. The lowest BCUT2D eigenvalue weighted by Crippen LogP contribution is -2.71. The first-order chi connectivity index (χ1) is 23.0. The Balaban J connectivity index is 1.20. The number of benzene rings is 1. The number of oxime groups is 1. The fourth-order valence-corrected chi connectivity index (χ4v) is 7.81. The molecule has 5 heterocycles. The number of carbonyl (C=O) groups excluding carboxylic acids is 3. The molecule has 18 heteroatoms. The third-order valence-corrected chi connectivity index (χ3v) is 10.2. The van der Waals surface area contributed by atoms with Gasteiger partial charge in [0.25, 0.3) is 11.8 Å². The third kappa shape index (κ3) is 5.85. The molecule has 3 aliphatic rings. The number of anilines is 2. The van der Waals surface area contributed by atoms with Gasteiger partial charge >= 0.3 is 11.9 Å². The van der Waals surface area contributed by atoms with Crippen LogP contribution in [0.3, 0.4) is 0 Å². The van der Waals surface area contributed by atoms with E-state index in [0.29, 0.717) is 30.8 Å². The maximum atomic E-state index is 15.1. The Morgan fingerprint density at radius 1 is 1.23 bits per heavy atom. The number of carboxylic acids is 1. The number of hydrogen-bond acceptors (Lipinski definition) is 13. The number of hydrogen-bond donors (Lipinski definition) is 3. The number of nitrogens with one attached hydrogen (secondary N) is 1. The summed E-state index contributed by atoms with van der Waals surface area (Å²) in [6, 6.07) is 1.67. The number of esters is 1. The summed E-state index contributed by atoms with van der Waals surface area (Å²) in [4.78, 5) is 76.8. The van der Waals surface area contributed by atoms with Crippen LogP contribution >= 0.6 is 23.1 Å². The van der Waals surface area contributed by atoms with Gasteiger partial charge in [0.1, 0.15) is 47.9 Å². The SMILES string of the molecule is CCn1cc(C(=O)OCC2=C(C(=O)O)N3C(=O)[C@@H](NC(=O)/C(=N/OC)c4csc(N)n4)[C@H]3SC2)c(=O)c2cc(F)c(N3CCCC3)cc21. The van der Waals surface area contributed by atoms with Gasteiger partial charge in [-0.2, -0.15) is 0 Å². The number of carboxylic acid groups (broad SMARTS) is 1. The van der Waals surface area contributed by atoms with Gasteiger partial charge in [-0.05, 0) is 31.9 Å². The van der Waals surface area contributed by atoms with Gasteiger partial charge in [-0.1, -0.05) is 5.16 Å². The van der Waals surface area contributed by atoms with Crippen molar-refractivity contribution in [2.45, 2.75) is 37.7 Å². The molecule has 0 saturated carbocycles. The third-order valence-electron chi connectivity index (χ3n) is 8.23. The number of β-lactam (4-membered cyclic amide) rings is 1. The Hall–Kier alpha value is -4.97. The van der Waals surface area contributed by atoms with Crippen LogP contribution in [0.2, 0.25) is 0 Å². The van der Waals surface area contributed by atoms with E-state index in [1.807, 2.05) is 11.8 Å². The summed E-state index contributed by atoms with van der Waals surface area (Å²) in [5.74, 6) is -4.46. The van der Waals surface area contributed by atoms with Crippen molar-refractivity contribution >= 4 is 74.3 Å². The molecular formula is C30H30FN7O8S2. The number of aliphatic carboxylic acids is 1. The fraction of sp³-hybridized carbons (Fsp3) is 0.367. The minimum absolute atomic E-state index is 0.0180. The molecule has 3 aromatic rings. The average Bonchev–Trinajstić information content (AvgIpc) is 3.76. The largest absolute Gasteiger partial charge is 0.477 e. The van der Waals surface area contributed by atoms with Gasteiger partial charge in [-0.25, -0.2) is 19.0 Å². The molecule has 2 saturated heterocycles. The summed E-state index contributed by atoms with van der Waals surface area (Å²) < 4.78 is 22.2. The van der Waals surface area contributed by atoms with Gasteiger partial charge in [-0.3, -0.25) is 19.3 Å². The number of thiazole rings is 1. The minimum atomic E-state index is -1.44. The number of thioether (sulfide) groups is 1. The van der Waals surface area contributed by atoms with Crippen molar-refractivity contribution in [2.75, 3.05) is 43.2 Å². The van der Waals surface area contributed by atoms with Crippen LogP contribution in [0.4, 0.5) is 15.2 Å². The molecule has 4 N–H and O–H groups in total. The van der Waals surface area contributed by atoms with Crippen LogP contribution < -0.4 is 21.4 Å². The molecule has 2 amide bonds. The molecule has 48 heavy (non-hydrogen) atoms. The quantitative estimate of drug-likeness (QED) is 0.120. The van der Waals surface area contributed by atoms with Crippen molar-refractivity contribution in [3.8, 4) is 0 Å². The molecule has 0 bridgehead atoms. The number of amides is 2. The second-order valence-electron chi connectivity index (χ2n) is 11.1. The normalized spacial score (nSPS) is 19.3. The summed E-state index contributed by atoms with van der Waals surface area (Å²) in [5.41, 5.74) is 5.13. The van der Waals surface area contributed by atoms with Gasteiger partial charge in [0.15, 0.2) is 10.8 Å². The number of aryl methyl sites for hydroxylation is 1. The van der Waals surface area contributed by atoms with Crippen LogP contribution in [-0.4, -0.2) is 93.0 Å². The molecule has 0 spiro atoms. The van der Waals surface area contributed by atoms with Gasteiger partial charge in [0.05, 0.1) is 11.2 Å². The fourth-order valence-electron chi connectivity index (χ4n) is 5.93. The van der Waals surface area contributed by atoms with Crippen molar-refractivity contribution < 1.29 is 38.2 Å². The second kappa shape index (κ2) is 13.3. The molecule has 3 aliphatic heterocycles. The van der Waals surface area contributed by atoms with Crippen molar-refractivity contribution in [3.63, 3.8) is 0 Å². The van der Waals surface area contributed by atoms with E-state index in [-0.39, 0.29) is 44.5 Å². The van der Waals surface area contributed by atoms with E-state index in [4.69, 9.17) is 15.3 Å². The Morgan fingerprint density at radius 2 is 1.98 bits per heavy atom. The summed E-state index contributed by atoms with van der Waals surface area (Å²) >= 11 is 2.23. The van der Waals surface area contributed by atoms with Crippen molar-refractivity contribution in [2.24, 2.45) is 5.16 Å². The van der Waals surface area contributed by atoms with Crippen molar-refractivity contribution in [1.82, 2.24) is 19.8 Å². The highest BCUT2D eigenvalue weighted by Crippen LogP contribution is 2.40. The van der Waals surface area contributed by atoms with E-state index in [0.717, 1.165) is 46.9 Å². The molecular weight excluding hydrogens is 670 g/mol. The predicted molar refractivity (Wildman–Crippen MR) is 175 cm³/mol. The molecule has 2 aromatic heterocycles. The van der Waals surface area contributed by atoms with Crippen LogP contribution in [0.5, 0.6) is 0 Å². The van der Waals surface area contributed by atoms with E-state index in [2.05, 4.69) is 15.5 Å². The second-order valence-corrected chi connectivity index (χ2v) is 13.1. The number of nitrogens with zero attached hydrogens (tertiary/aromatic N) is 5. The standard InChI is InChI=1S/C30H30FN7O8S2/c1-3-36-10-16(24(39)15-8-17(31)20(9-19(15)36)37-6-4-5-7-37)29(44)46-11-14-12-47-27-22(26(41)38(27)23(14)28(42)43)34-25(40)21(35-45-2)18-13-48-30(32)33-18/h8-10,13,22,27H,3-7,11-12H2,1-2H3,(H2,32,33)(H,34,40)(H,42,43)/b35-21+/t22-,27-/m1/s1. The first kappa shape index (κ1) is 33.0. The van der Waals surface area contributed by atoms with Gasteiger partial charge < -0.3 is 35.2 Å². The Labute approximate surface area is 280 Å². The van der Waals surface area contributed by atoms with Gasteiger partial charge in [-0.15, -0.1) is 23.1 Å². The van der Waals surface area contributed by atoms with Crippen LogP contribution in [0.1, 0.15) is 35.8 Å². The number of ether oxygens (including phenoxy) is 1. The zero-order valence-electron chi connectivity index (χ0n) is 25.7. The summed E-state index contributed by atoms with van der Waals surface area (Å²) in [6.45, 7) is 3.09. The minimum Gasteiger partial charge on any atom is -0.477 e. The maximum absolute atomic E-state index is 15.1. The molecule has 2 atom stereocenters. The molecule has 0 aliphatic carbocycles. The summed E-state index contributed by atoms with van der Waals surface area (Å²) in [7, 11) is 1.23. The molecule has 2 fully saturated rings. The zero-order valence-corrected chi connectivity index (χ0v) is 27.4. The number of fused-ring (bicyclic) bond motifs is 2. The first-order valence-corrected chi connectivity index (χ1v) is 16.8. The monoisotopic (exact) mass is 699 g/mol. The van der Waals surface area contributed by atoms with Crippen molar-refractivity contribution in [3.05, 3.63) is 62.3 Å². The number of halogens is 1. The lowest BCUT2D eigenvalue weighted by atomic mass is 10.0. The summed E-state index contributed by atoms with van der Waals surface area (Å²) in [6.07, 6.45) is 3.24. The van der Waals surface area contributed by atoms with Crippen LogP contribution in [0.25, 0.3) is 10.9 Å². The average molecular weight is 700 g/mol. The molecule has 0 radical (unpaired) electrons. The van der Waals surface area contributed by atoms with Gasteiger partial charge in [0, 0.05) is 47.9 Å². The molecule has 0 unspecified atom stereocenters. The lowest BCUT2D eigenvalue weighted by Gasteiger charge is -2.49. The zero-order chi connectivity index (χ0) is 34.3. The number of carbonyl (C=O) groups is 4. The van der Waals surface area contributed by atoms with Crippen molar-refractivity contribution in [1.29, 1.82) is 0 Å². The Kier molecular flexibility index (Phi) is 9.11. The number of nitrogen functional groups attached to an aromatic ring is 1. The number of nitrogens with two attached hydrogens (primary N) is 1. The lowest BCUT2D eigenvalue weighted by molar-refractivity contribution is -0.150. The number of aromatic nitrogens is 2.